The number of hydrogen-bond acceptors (Lipinski definition) is 3. The van der Waals surface area contributed by atoms with Crippen molar-refractivity contribution in [2.24, 2.45) is 0 Å². The van der Waals surface area contributed by atoms with Crippen molar-refractivity contribution in [3.63, 3.8) is 0 Å². The minimum absolute atomic E-state index is 0.0336. The molecule has 0 N–H and O–H groups in total. The van der Waals surface area contributed by atoms with Gasteiger partial charge in [0, 0.05) is 25.1 Å². The largest absolute Gasteiger partial charge is 0.497 e. The van der Waals surface area contributed by atoms with Gasteiger partial charge in [-0.25, -0.2) is 0 Å². The number of methoxy groups -OCH3 is 1. The molecule has 1 unspecified atom stereocenters. The summed E-state index contributed by atoms with van der Waals surface area (Å²) in [5.74, 6) is 1.83. The van der Waals surface area contributed by atoms with Crippen LogP contribution in [0.25, 0.3) is 0 Å². The normalized spacial score (nSPS) is 17.1. The van der Waals surface area contributed by atoms with Crippen molar-refractivity contribution >= 4 is 5.91 Å². The first-order chi connectivity index (χ1) is 11.3. The number of rotatable bonds is 5. The van der Waals surface area contributed by atoms with Crippen LogP contribution in [0.2, 0.25) is 0 Å². The van der Waals surface area contributed by atoms with Crippen LogP contribution in [0.1, 0.15) is 17.9 Å². The summed E-state index contributed by atoms with van der Waals surface area (Å²) in [6.07, 6.45) is 1.01. The smallest absolute Gasteiger partial charge is 0.260 e. The quantitative estimate of drug-likeness (QED) is 0.852. The molecule has 0 bridgehead atoms. The van der Waals surface area contributed by atoms with E-state index in [1.54, 1.807) is 13.2 Å². The molecule has 1 amide bonds. The minimum Gasteiger partial charge on any atom is -0.497 e. The van der Waals surface area contributed by atoms with Gasteiger partial charge in [0.1, 0.15) is 11.5 Å². The fourth-order valence-electron chi connectivity index (χ4n) is 2.91. The molecule has 1 fully saturated rings. The van der Waals surface area contributed by atoms with Crippen LogP contribution in [-0.4, -0.2) is 37.6 Å². The highest BCUT2D eigenvalue weighted by Crippen LogP contribution is 2.27. The Morgan fingerprint density at radius 2 is 1.91 bits per heavy atom. The van der Waals surface area contributed by atoms with Crippen molar-refractivity contribution in [2.45, 2.75) is 12.3 Å². The van der Waals surface area contributed by atoms with Gasteiger partial charge in [0.05, 0.1) is 7.11 Å². The lowest BCUT2D eigenvalue weighted by Gasteiger charge is -2.17. The molecule has 0 radical (unpaired) electrons. The third-order valence-electron chi connectivity index (χ3n) is 4.22. The van der Waals surface area contributed by atoms with Crippen molar-refractivity contribution < 1.29 is 14.3 Å². The van der Waals surface area contributed by atoms with E-state index in [0.717, 1.165) is 25.3 Å². The molecule has 0 saturated carbocycles. The third-order valence-corrected chi connectivity index (χ3v) is 4.22. The highest BCUT2D eigenvalue weighted by atomic mass is 16.5. The van der Waals surface area contributed by atoms with Crippen LogP contribution in [0.3, 0.4) is 0 Å². The van der Waals surface area contributed by atoms with Crippen molar-refractivity contribution in [3.05, 3.63) is 60.2 Å². The third kappa shape index (κ3) is 3.83. The summed E-state index contributed by atoms with van der Waals surface area (Å²) in [5.41, 5.74) is 1.30. The number of amides is 1. The second-order valence-electron chi connectivity index (χ2n) is 5.70. The lowest BCUT2D eigenvalue weighted by molar-refractivity contribution is -0.132. The lowest BCUT2D eigenvalue weighted by atomic mass is 9.99. The van der Waals surface area contributed by atoms with Gasteiger partial charge in [0.25, 0.3) is 5.91 Å². The Kier molecular flexibility index (Phi) is 4.81. The summed E-state index contributed by atoms with van der Waals surface area (Å²) in [7, 11) is 1.61. The van der Waals surface area contributed by atoms with Crippen LogP contribution in [0.4, 0.5) is 0 Å². The van der Waals surface area contributed by atoms with Gasteiger partial charge in [-0.2, -0.15) is 0 Å². The molecule has 1 saturated heterocycles. The van der Waals surface area contributed by atoms with Gasteiger partial charge in [0.2, 0.25) is 0 Å². The second-order valence-corrected chi connectivity index (χ2v) is 5.70. The number of carbonyl (C=O) groups excluding carboxylic acids is 1. The van der Waals surface area contributed by atoms with E-state index in [2.05, 4.69) is 12.1 Å². The molecule has 0 aromatic heterocycles. The molecule has 1 aliphatic rings. The molecule has 3 rings (SSSR count). The molecule has 0 spiro atoms. The van der Waals surface area contributed by atoms with Gasteiger partial charge >= 0.3 is 0 Å². The molecule has 23 heavy (non-hydrogen) atoms. The summed E-state index contributed by atoms with van der Waals surface area (Å²) in [6.45, 7) is 1.62. The predicted molar refractivity (Wildman–Crippen MR) is 88.9 cm³/mol. The monoisotopic (exact) mass is 311 g/mol. The molecule has 1 heterocycles. The van der Waals surface area contributed by atoms with Crippen molar-refractivity contribution in [3.8, 4) is 11.5 Å². The molecule has 2 aromatic rings. The zero-order valence-electron chi connectivity index (χ0n) is 13.3. The molecule has 2 aromatic carbocycles. The number of carbonyl (C=O) groups is 1. The molecular formula is C19H21NO3. The van der Waals surface area contributed by atoms with E-state index in [0.29, 0.717) is 11.7 Å². The zero-order chi connectivity index (χ0) is 16.1. The minimum atomic E-state index is 0.0336. The van der Waals surface area contributed by atoms with Gasteiger partial charge in [-0.3, -0.25) is 4.79 Å². The molecule has 0 aliphatic carbocycles. The fraction of sp³-hybridized carbons (Fsp3) is 0.316. The van der Waals surface area contributed by atoms with E-state index in [1.165, 1.54) is 5.56 Å². The van der Waals surface area contributed by atoms with Crippen molar-refractivity contribution in [1.29, 1.82) is 0 Å². The van der Waals surface area contributed by atoms with Crippen LogP contribution < -0.4 is 9.47 Å². The van der Waals surface area contributed by atoms with Gasteiger partial charge < -0.3 is 14.4 Å². The molecule has 1 aliphatic heterocycles. The summed E-state index contributed by atoms with van der Waals surface area (Å²) in [5, 5.41) is 0. The van der Waals surface area contributed by atoms with Gasteiger partial charge in [-0.05, 0) is 24.1 Å². The Morgan fingerprint density at radius 1 is 1.13 bits per heavy atom. The summed E-state index contributed by atoms with van der Waals surface area (Å²) in [6, 6.07) is 17.7. The molecule has 4 nitrogen and oxygen atoms in total. The number of hydrogen-bond donors (Lipinski definition) is 0. The maximum Gasteiger partial charge on any atom is 0.260 e. The Hall–Kier alpha value is -2.49. The molecule has 120 valence electrons. The van der Waals surface area contributed by atoms with Crippen LogP contribution in [0, 0.1) is 0 Å². The summed E-state index contributed by atoms with van der Waals surface area (Å²) >= 11 is 0. The zero-order valence-corrected chi connectivity index (χ0v) is 13.3. The van der Waals surface area contributed by atoms with E-state index in [4.69, 9.17) is 9.47 Å². The highest BCUT2D eigenvalue weighted by molar-refractivity contribution is 5.78. The first-order valence-corrected chi connectivity index (χ1v) is 7.86. The summed E-state index contributed by atoms with van der Waals surface area (Å²) < 4.78 is 10.7. The van der Waals surface area contributed by atoms with Gasteiger partial charge in [-0.1, -0.05) is 36.4 Å². The summed E-state index contributed by atoms with van der Waals surface area (Å²) in [4.78, 5) is 14.2. The number of ether oxygens (including phenoxy) is 2. The van der Waals surface area contributed by atoms with Gasteiger partial charge in [-0.15, -0.1) is 0 Å². The Balaban J connectivity index is 1.53. The Bertz CT molecular complexity index is 657. The molecule has 4 heteroatoms. The van der Waals surface area contributed by atoms with E-state index in [1.807, 2.05) is 41.3 Å². The standard InChI is InChI=1S/C19H21NO3/c1-22-17-8-5-9-18(12-17)23-14-19(21)20-11-10-16(13-20)15-6-3-2-4-7-15/h2-9,12,16H,10-11,13-14H2,1H3. The van der Waals surface area contributed by atoms with E-state index < -0.39 is 0 Å². The average molecular weight is 311 g/mol. The maximum absolute atomic E-state index is 12.3. The van der Waals surface area contributed by atoms with Crippen molar-refractivity contribution in [2.75, 3.05) is 26.8 Å². The van der Waals surface area contributed by atoms with Crippen LogP contribution in [0.15, 0.2) is 54.6 Å². The average Bonchev–Trinajstić information content (AvgIpc) is 3.11. The van der Waals surface area contributed by atoms with E-state index in [-0.39, 0.29) is 12.5 Å². The topological polar surface area (TPSA) is 38.8 Å². The lowest BCUT2D eigenvalue weighted by Crippen LogP contribution is -2.32. The highest BCUT2D eigenvalue weighted by Gasteiger charge is 2.27. The van der Waals surface area contributed by atoms with Gasteiger partial charge in [0.15, 0.2) is 6.61 Å². The number of likely N-dealkylation sites (tertiary alicyclic amines) is 1. The first-order valence-electron chi connectivity index (χ1n) is 7.86. The maximum atomic E-state index is 12.3. The van der Waals surface area contributed by atoms with E-state index >= 15 is 0 Å². The second kappa shape index (κ2) is 7.18. The SMILES string of the molecule is COc1cccc(OCC(=O)N2CCC(c3ccccc3)C2)c1. The Morgan fingerprint density at radius 3 is 2.70 bits per heavy atom. The molecule has 1 atom stereocenters. The first kappa shape index (κ1) is 15.4. The van der Waals surface area contributed by atoms with E-state index in [9.17, 15) is 4.79 Å². The predicted octanol–water partition coefficient (Wildman–Crippen LogP) is 3.09. The number of nitrogens with zero attached hydrogens (tertiary/aromatic N) is 1. The van der Waals surface area contributed by atoms with Crippen LogP contribution in [-0.2, 0) is 4.79 Å². The number of benzene rings is 2. The fourth-order valence-corrected chi connectivity index (χ4v) is 2.91. The van der Waals surface area contributed by atoms with Crippen molar-refractivity contribution in [1.82, 2.24) is 4.90 Å². The van der Waals surface area contributed by atoms with Crippen LogP contribution in [0.5, 0.6) is 11.5 Å². The van der Waals surface area contributed by atoms with Crippen LogP contribution >= 0.6 is 0 Å². The molecular weight excluding hydrogens is 290 g/mol. The Labute approximate surface area is 136 Å².